The zero-order chi connectivity index (χ0) is 14.7. The van der Waals surface area contributed by atoms with Crippen LogP contribution in [-0.4, -0.2) is 9.55 Å². The number of imidazole rings is 1. The second-order valence-electron chi connectivity index (χ2n) is 5.28. The Morgan fingerprint density at radius 2 is 2.00 bits per heavy atom. The van der Waals surface area contributed by atoms with Crippen LogP contribution in [-0.2, 0) is 13.5 Å². The van der Waals surface area contributed by atoms with Gasteiger partial charge in [-0.3, -0.25) is 11.3 Å². The average Bonchev–Trinajstić information content (AvgIpc) is 2.93. The summed E-state index contributed by atoms with van der Waals surface area (Å²) in [4.78, 5) is 4.37. The molecule has 4 nitrogen and oxygen atoms in total. The lowest BCUT2D eigenvalue weighted by atomic mass is 9.96. The second kappa shape index (κ2) is 6.08. The minimum absolute atomic E-state index is 0.118. The quantitative estimate of drug-likeness (QED) is 0.558. The van der Waals surface area contributed by atoms with Crippen molar-refractivity contribution in [3.63, 3.8) is 0 Å². The van der Waals surface area contributed by atoms with Crippen molar-refractivity contribution in [3.8, 4) is 0 Å². The van der Waals surface area contributed by atoms with Crippen LogP contribution in [0.3, 0.4) is 0 Å². The molecular weight excluding hydrogens is 260 g/mol. The van der Waals surface area contributed by atoms with Crippen LogP contribution in [0.15, 0.2) is 54.9 Å². The first-order valence-corrected chi connectivity index (χ1v) is 7.19. The Hall–Kier alpha value is -2.17. The van der Waals surface area contributed by atoms with Gasteiger partial charge in [0.05, 0.1) is 0 Å². The number of rotatable bonds is 5. The molecular formula is C17H20N4. The van der Waals surface area contributed by atoms with E-state index in [0.29, 0.717) is 0 Å². The van der Waals surface area contributed by atoms with Crippen molar-refractivity contribution >= 4 is 10.8 Å². The normalized spacial score (nSPS) is 12.7. The Kier molecular flexibility index (Phi) is 3.99. The molecule has 0 aliphatic carbocycles. The smallest absolute Gasteiger partial charge is 0.108 e. The third kappa shape index (κ3) is 2.82. The molecule has 0 spiro atoms. The topological polar surface area (TPSA) is 55.9 Å². The molecule has 0 amide bonds. The van der Waals surface area contributed by atoms with Crippen molar-refractivity contribution in [3.05, 3.63) is 66.2 Å². The van der Waals surface area contributed by atoms with Crippen LogP contribution in [0.4, 0.5) is 0 Å². The predicted octanol–water partition coefficient (Wildman–Crippen LogP) is 2.71. The summed E-state index contributed by atoms with van der Waals surface area (Å²) in [5.41, 5.74) is 4.20. The van der Waals surface area contributed by atoms with Crippen LogP contribution in [0.5, 0.6) is 0 Å². The lowest BCUT2D eigenvalue weighted by Gasteiger charge is -2.18. The Morgan fingerprint density at radius 3 is 2.76 bits per heavy atom. The van der Waals surface area contributed by atoms with Crippen molar-refractivity contribution in [1.29, 1.82) is 0 Å². The minimum atomic E-state index is 0.118. The van der Waals surface area contributed by atoms with E-state index in [9.17, 15) is 0 Å². The number of aromatic nitrogens is 2. The van der Waals surface area contributed by atoms with Gasteiger partial charge in [0.1, 0.15) is 5.82 Å². The molecule has 1 atom stereocenters. The fraction of sp³-hybridized carbons (Fsp3) is 0.235. The van der Waals surface area contributed by atoms with Crippen molar-refractivity contribution in [1.82, 2.24) is 15.0 Å². The van der Waals surface area contributed by atoms with E-state index in [-0.39, 0.29) is 6.04 Å². The number of hydrazine groups is 1. The lowest BCUT2D eigenvalue weighted by molar-refractivity contribution is 0.509. The van der Waals surface area contributed by atoms with Crippen LogP contribution in [0.25, 0.3) is 10.8 Å². The molecule has 0 radical (unpaired) electrons. The molecule has 0 aliphatic heterocycles. The van der Waals surface area contributed by atoms with Gasteiger partial charge >= 0.3 is 0 Å². The zero-order valence-electron chi connectivity index (χ0n) is 12.2. The average molecular weight is 280 g/mol. The highest BCUT2D eigenvalue weighted by Crippen LogP contribution is 2.26. The first kappa shape index (κ1) is 13.8. The molecule has 1 unspecified atom stereocenters. The van der Waals surface area contributed by atoms with Crippen molar-refractivity contribution in [2.24, 2.45) is 12.9 Å². The number of aryl methyl sites for hydroxylation is 2. The summed E-state index contributed by atoms with van der Waals surface area (Å²) < 4.78 is 2.05. The van der Waals surface area contributed by atoms with Crippen LogP contribution < -0.4 is 11.3 Å². The number of nitrogens with one attached hydrogen (secondary N) is 1. The van der Waals surface area contributed by atoms with Crippen molar-refractivity contribution in [2.45, 2.75) is 18.9 Å². The Labute approximate surface area is 124 Å². The Balaban J connectivity index is 1.86. The Bertz CT molecular complexity index is 727. The first-order chi connectivity index (χ1) is 10.3. The monoisotopic (exact) mass is 280 g/mol. The van der Waals surface area contributed by atoms with Gasteiger partial charge in [-0.05, 0) is 22.8 Å². The number of nitrogens with zero attached hydrogens (tertiary/aromatic N) is 2. The van der Waals surface area contributed by atoms with Crippen LogP contribution in [0, 0.1) is 0 Å². The molecule has 108 valence electrons. The van der Waals surface area contributed by atoms with E-state index >= 15 is 0 Å². The number of hydrogen-bond acceptors (Lipinski definition) is 3. The summed E-state index contributed by atoms with van der Waals surface area (Å²) in [5.74, 6) is 6.88. The van der Waals surface area contributed by atoms with E-state index in [4.69, 9.17) is 5.84 Å². The maximum Gasteiger partial charge on any atom is 0.108 e. The van der Waals surface area contributed by atoms with E-state index in [0.717, 1.165) is 18.7 Å². The second-order valence-corrected chi connectivity index (χ2v) is 5.28. The molecule has 0 aliphatic rings. The van der Waals surface area contributed by atoms with Gasteiger partial charge in [-0.25, -0.2) is 4.98 Å². The van der Waals surface area contributed by atoms with Gasteiger partial charge in [-0.2, -0.15) is 0 Å². The number of hydrogen-bond donors (Lipinski definition) is 2. The minimum Gasteiger partial charge on any atom is -0.338 e. The fourth-order valence-electron chi connectivity index (χ4n) is 2.79. The molecule has 0 saturated heterocycles. The first-order valence-electron chi connectivity index (χ1n) is 7.19. The molecule has 1 aromatic heterocycles. The molecule has 2 aromatic carbocycles. The molecule has 3 rings (SSSR count). The molecule has 1 heterocycles. The van der Waals surface area contributed by atoms with Gasteiger partial charge in [0.2, 0.25) is 0 Å². The van der Waals surface area contributed by atoms with Crippen molar-refractivity contribution in [2.75, 3.05) is 0 Å². The standard InChI is InChI=1S/C17H20N4/c1-21-12-11-19-17(21)10-9-16(20-18)15-8-4-6-13-5-2-3-7-14(13)15/h2-8,11-12,16,20H,9-10,18H2,1H3. The molecule has 0 fully saturated rings. The van der Waals surface area contributed by atoms with E-state index in [1.54, 1.807) is 0 Å². The highest BCUT2D eigenvalue weighted by atomic mass is 15.2. The molecule has 0 saturated carbocycles. The largest absolute Gasteiger partial charge is 0.338 e. The SMILES string of the molecule is Cn1ccnc1CCC(NN)c1cccc2ccccc12. The molecule has 3 N–H and O–H groups in total. The van der Waals surface area contributed by atoms with Gasteiger partial charge in [0.15, 0.2) is 0 Å². The summed E-state index contributed by atoms with van der Waals surface area (Å²) in [6.07, 6.45) is 5.60. The fourth-order valence-corrected chi connectivity index (χ4v) is 2.79. The number of fused-ring (bicyclic) bond motifs is 1. The summed E-state index contributed by atoms with van der Waals surface area (Å²) in [6.45, 7) is 0. The van der Waals surface area contributed by atoms with E-state index < -0.39 is 0 Å². The number of nitrogens with two attached hydrogens (primary N) is 1. The van der Waals surface area contributed by atoms with Gasteiger partial charge in [0.25, 0.3) is 0 Å². The molecule has 4 heteroatoms. The molecule has 0 bridgehead atoms. The maximum absolute atomic E-state index is 5.80. The highest BCUT2D eigenvalue weighted by molar-refractivity contribution is 5.86. The molecule has 21 heavy (non-hydrogen) atoms. The van der Waals surface area contributed by atoms with Gasteiger partial charge in [0, 0.05) is 31.9 Å². The predicted molar refractivity (Wildman–Crippen MR) is 85.5 cm³/mol. The van der Waals surface area contributed by atoms with Gasteiger partial charge < -0.3 is 4.57 Å². The maximum atomic E-state index is 5.80. The van der Waals surface area contributed by atoms with Gasteiger partial charge in [-0.15, -0.1) is 0 Å². The van der Waals surface area contributed by atoms with Crippen LogP contribution >= 0.6 is 0 Å². The lowest BCUT2D eigenvalue weighted by Crippen LogP contribution is -2.28. The number of benzene rings is 2. The van der Waals surface area contributed by atoms with E-state index in [1.807, 2.05) is 19.4 Å². The summed E-state index contributed by atoms with van der Waals surface area (Å²) in [5, 5.41) is 2.50. The van der Waals surface area contributed by atoms with E-state index in [2.05, 4.69) is 57.4 Å². The summed E-state index contributed by atoms with van der Waals surface area (Å²) in [7, 11) is 2.02. The third-order valence-corrected chi connectivity index (χ3v) is 3.98. The Morgan fingerprint density at radius 1 is 1.19 bits per heavy atom. The van der Waals surface area contributed by atoms with E-state index in [1.165, 1.54) is 16.3 Å². The van der Waals surface area contributed by atoms with Crippen molar-refractivity contribution < 1.29 is 0 Å². The molecule has 3 aromatic rings. The summed E-state index contributed by atoms with van der Waals surface area (Å²) >= 11 is 0. The van der Waals surface area contributed by atoms with Crippen LogP contribution in [0.2, 0.25) is 0 Å². The zero-order valence-corrected chi connectivity index (χ0v) is 12.2. The van der Waals surface area contributed by atoms with Gasteiger partial charge in [-0.1, -0.05) is 42.5 Å². The summed E-state index contributed by atoms with van der Waals surface area (Å²) in [6, 6.07) is 14.9. The van der Waals surface area contributed by atoms with Crippen LogP contribution in [0.1, 0.15) is 23.9 Å². The highest BCUT2D eigenvalue weighted by Gasteiger charge is 2.13. The third-order valence-electron chi connectivity index (χ3n) is 3.98.